The first kappa shape index (κ1) is 30.2. The molecule has 9 nitrogen and oxygen atoms in total. The van der Waals surface area contributed by atoms with E-state index in [2.05, 4.69) is 31.9 Å². The van der Waals surface area contributed by atoms with Gasteiger partial charge in [0.05, 0.1) is 10.2 Å². The summed E-state index contributed by atoms with van der Waals surface area (Å²) >= 11 is 4.74. The van der Waals surface area contributed by atoms with Crippen molar-refractivity contribution in [2.24, 2.45) is 0 Å². The number of nitro groups is 1. The topological polar surface area (TPSA) is 130 Å². The van der Waals surface area contributed by atoms with Gasteiger partial charge in [0.15, 0.2) is 0 Å². The van der Waals surface area contributed by atoms with E-state index in [-0.39, 0.29) is 17.3 Å². The minimum atomic E-state index is -0.504. The Morgan fingerprint density at radius 1 is 0.857 bits per heavy atom. The van der Waals surface area contributed by atoms with E-state index in [1.165, 1.54) is 36.0 Å². The number of halogens is 1. The van der Waals surface area contributed by atoms with Gasteiger partial charge in [-0.15, -0.1) is 11.8 Å². The van der Waals surface area contributed by atoms with Gasteiger partial charge in [0.1, 0.15) is 5.70 Å². The van der Waals surface area contributed by atoms with Crippen LogP contribution in [0.1, 0.15) is 22.8 Å². The Balaban J connectivity index is 1.41. The number of hydrogen-bond donors (Lipinski definition) is 3. The molecular formula is C31H25BrN4O5S. The Bertz CT molecular complexity index is 1630. The normalized spacial score (nSPS) is 11.7. The first-order valence-electron chi connectivity index (χ1n) is 12.6. The summed E-state index contributed by atoms with van der Waals surface area (Å²) in [7, 11) is 0. The third-order valence-electron chi connectivity index (χ3n) is 5.83. The summed E-state index contributed by atoms with van der Waals surface area (Å²) in [5.74, 6) is -1.18. The molecule has 0 saturated heterocycles. The Morgan fingerprint density at radius 2 is 1.50 bits per heavy atom. The lowest BCUT2D eigenvalue weighted by molar-refractivity contribution is -0.384. The highest BCUT2D eigenvalue weighted by atomic mass is 79.9. The number of anilines is 2. The van der Waals surface area contributed by atoms with Gasteiger partial charge >= 0.3 is 0 Å². The molecule has 1 unspecified atom stereocenters. The predicted molar refractivity (Wildman–Crippen MR) is 168 cm³/mol. The number of thioether (sulfide) groups is 1. The summed E-state index contributed by atoms with van der Waals surface area (Å²) in [6, 6.07) is 28.5. The first-order valence-corrected chi connectivity index (χ1v) is 14.3. The number of nitrogens with one attached hydrogen (secondary N) is 3. The van der Waals surface area contributed by atoms with Crippen molar-refractivity contribution < 1.29 is 19.3 Å². The second-order valence-corrected chi connectivity index (χ2v) is 11.3. The van der Waals surface area contributed by atoms with Crippen molar-refractivity contribution in [3.8, 4) is 0 Å². The van der Waals surface area contributed by atoms with Crippen LogP contribution >= 0.6 is 27.7 Å². The second kappa shape index (κ2) is 14.2. The van der Waals surface area contributed by atoms with Crippen LogP contribution in [0.25, 0.3) is 6.08 Å². The van der Waals surface area contributed by atoms with Crippen molar-refractivity contribution in [3.05, 3.63) is 135 Å². The molecule has 4 rings (SSSR count). The zero-order valence-corrected chi connectivity index (χ0v) is 24.6. The molecule has 3 N–H and O–H groups in total. The van der Waals surface area contributed by atoms with Gasteiger partial charge in [-0.3, -0.25) is 24.5 Å². The van der Waals surface area contributed by atoms with Crippen molar-refractivity contribution in [1.82, 2.24) is 5.32 Å². The van der Waals surface area contributed by atoms with Gasteiger partial charge in [-0.25, -0.2) is 0 Å². The van der Waals surface area contributed by atoms with Crippen molar-refractivity contribution in [2.45, 2.75) is 17.1 Å². The third-order valence-corrected chi connectivity index (χ3v) is 7.43. The number of amides is 3. The number of benzene rings is 4. The highest BCUT2D eigenvalue weighted by Crippen LogP contribution is 2.26. The van der Waals surface area contributed by atoms with Crippen molar-refractivity contribution in [1.29, 1.82) is 0 Å². The summed E-state index contributed by atoms with van der Waals surface area (Å²) in [6.45, 7) is 1.75. The smallest absolute Gasteiger partial charge is 0.272 e. The van der Waals surface area contributed by atoms with E-state index in [1.54, 1.807) is 67.6 Å². The Hall–Kier alpha value is -4.74. The predicted octanol–water partition coefficient (Wildman–Crippen LogP) is 6.89. The molecular weight excluding hydrogens is 620 g/mol. The second-order valence-electron chi connectivity index (χ2n) is 8.96. The molecule has 0 spiro atoms. The maximum atomic E-state index is 13.3. The molecule has 0 saturated carbocycles. The molecule has 1 atom stereocenters. The molecule has 0 aliphatic heterocycles. The summed E-state index contributed by atoms with van der Waals surface area (Å²) in [5.41, 5.74) is 2.10. The zero-order valence-electron chi connectivity index (χ0n) is 22.2. The third kappa shape index (κ3) is 8.63. The van der Waals surface area contributed by atoms with Gasteiger partial charge < -0.3 is 16.0 Å². The molecule has 11 heteroatoms. The number of rotatable bonds is 10. The number of hydrogen-bond acceptors (Lipinski definition) is 6. The number of nitro benzene ring substituents is 1. The molecule has 0 heterocycles. The molecule has 42 heavy (non-hydrogen) atoms. The Morgan fingerprint density at radius 3 is 2.14 bits per heavy atom. The quantitative estimate of drug-likeness (QED) is 0.0746. The zero-order chi connectivity index (χ0) is 30.1. The lowest BCUT2D eigenvalue weighted by Gasteiger charge is -2.13. The first-order chi connectivity index (χ1) is 20.2. The van der Waals surface area contributed by atoms with Crippen molar-refractivity contribution in [2.75, 3.05) is 10.6 Å². The molecule has 3 amide bonds. The van der Waals surface area contributed by atoms with E-state index in [4.69, 9.17) is 0 Å². The summed E-state index contributed by atoms with van der Waals surface area (Å²) in [6.07, 6.45) is 1.59. The summed E-state index contributed by atoms with van der Waals surface area (Å²) in [4.78, 5) is 49.8. The molecule has 0 radical (unpaired) electrons. The van der Waals surface area contributed by atoms with E-state index in [9.17, 15) is 24.5 Å². The van der Waals surface area contributed by atoms with Crippen LogP contribution in [0, 0.1) is 10.1 Å². The molecule has 4 aromatic rings. The minimum Gasteiger partial charge on any atom is -0.325 e. The number of carbonyl (C=O) groups is 3. The monoisotopic (exact) mass is 644 g/mol. The average Bonchev–Trinajstić information content (AvgIpc) is 2.98. The number of nitrogens with zero attached hydrogens (tertiary/aromatic N) is 1. The van der Waals surface area contributed by atoms with Crippen LogP contribution in [-0.4, -0.2) is 27.9 Å². The Labute approximate surface area is 254 Å². The van der Waals surface area contributed by atoms with Gasteiger partial charge in [0, 0.05) is 38.4 Å². The van der Waals surface area contributed by atoms with Gasteiger partial charge in [0.25, 0.3) is 17.5 Å². The fraction of sp³-hybridized carbons (Fsp3) is 0.0645. The summed E-state index contributed by atoms with van der Waals surface area (Å²) in [5, 5.41) is 18.6. The minimum absolute atomic E-state index is 0.0584. The van der Waals surface area contributed by atoms with Gasteiger partial charge in [0.2, 0.25) is 5.91 Å². The summed E-state index contributed by atoms with van der Waals surface area (Å²) < 4.78 is 0.828. The van der Waals surface area contributed by atoms with Crippen LogP contribution in [-0.2, 0) is 9.59 Å². The van der Waals surface area contributed by atoms with Crippen molar-refractivity contribution in [3.63, 3.8) is 0 Å². The Kier molecular flexibility index (Phi) is 10.2. The molecule has 0 aliphatic carbocycles. The maximum Gasteiger partial charge on any atom is 0.272 e. The molecule has 4 aromatic carbocycles. The fourth-order valence-electron chi connectivity index (χ4n) is 3.69. The van der Waals surface area contributed by atoms with Crippen LogP contribution in [0.2, 0.25) is 0 Å². The molecule has 0 fully saturated rings. The largest absolute Gasteiger partial charge is 0.325 e. The van der Waals surface area contributed by atoms with Crippen LogP contribution in [0.15, 0.2) is 118 Å². The maximum absolute atomic E-state index is 13.3. The van der Waals surface area contributed by atoms with Crippen LogP contribution < -0.4 is 16.0 Å². The highest BCUT2D eigenvalue weighted by Gasteiger charge is 2.17. The number of non-ortho nitro benzene ring substituents is 1. The standard InChI is InChI=1S/C31H25BrN4O5S/c1-20(29(37)33-24-10-14-26(15-11-24)36(40)41)42-27-16-12-25(13-17-27)34-31(39)28(19-21-6-5-9-23(32)18-21)35-30(38)22-7-3-2-4-8-22/h2-20H,1H3,(H,33,37)(H,34,39)(H,35,38)/b28-19-. The molecule has 0 aromatic heterocycles. The van der Waals surface area contributed by atoms with Crippen LogP contribution in [0.5, 0.6) is 0 Å². The van der Waals surface area contributed by atoms with Gasteiger partial charge in [-0.05, 0) is 79.2 Å². The molecule has 0 bridgehead atoms. The van der Waals surface area contributed by atoms with Gasteiger partial charge in [-0.1, -0.05) is 46.3 Å². The highest BCUT2D eigenvalue weighted by molar-refractivity contribution is 9.10. The van der Waals surface area contributed by atoms with E-state index in [0.29, 0.717) is 16.9 Å². The molecule has 0 aliphatic rings. The SMILES string of the molecule is CC(Sc1ccc(NC(=O)/C(=C/c2cccc(Br)c2)NC(=O)c2ccccc2)cc1)C(=O)Nc1ccc([N+](=O)[O-])cc1. The van der Waals surface area contributed by atoms with Crippen LogP contribution in [0.4, 0.5) is 17.1 Å². The fourth-order valence-corrected chi connectivity index (χ4v) is 4.97. The molecule has 212 valence electrons. The number of carbonyl (C=O) groups excluding carboxylic acids is 3. The van der Waals surface area contributed by atoms with E-state index in [0.717, 1.165) is 14.9 Å². The average molecular weight is 646 g/mol. The van der Waals surface area contributed by atoms with E-state index < -0.39 is 22.0 Å². The van der Waals surface area contributed by atoms with E-state index in [1.807, 2.05) is 24.3 Å². The van der Waals surface area contributed by atoms with Crippen LogP contribution in [0.3, 0.4) is 0 Å². The lowest BCUT2D eigenvalue weighted by Crippen LogP contribution is -2.30. The van der Waals surface area contributed by atoms with E-state index >= 15 is 0 Å². The van der Waals surface area contributed by atoms with Crippen molar-refractivity contribution >= 4 is 68.6 Å². The van der Waals surface area contributed by atoms with Gasteiger partial charge in [-0.2, -0.15) is 0 Å². The lowest BCUT2D eigenvalue weighted by atomic mass is 10.1.